The summed E-state index contributed by atoms with van der Waals surface area (Å²) in [5, 5.41) is 9.17. The molecule has 7 nitrogen and oxygen atoms in total. The summed E-state index contributed by atoms with van der Waals surface area (Å²) in [4.78, 5) is 34.9. The number of aromatic carboxylic acids is 1. The molecule has 1 fully saturated rings. The number of aromatic nitrogens is 2. The minimum atomic E-state index is -1.10. The molecule has 0 spiro atoms. The Balaban J connectivity index is 2.09. The van der Waals surface area contributed by atoms with Gasteiger partial charge in [-0.3, -0.25) is 4.79 Å². The fraction of sp³-hybridized carbons (Fsp3) is 0.600. The van der Waals surface area contributed by atoms with Crippen molar-refractivity contribution in [2.24, 2.45) is 5.92 Å². The Morgan fingerprint density at radius 1 is 1.41 bits per heavy atom. The Morgan fingerprint density at radius 2 is 2.05 bits per heavy atom. The van der Waals surface area contributed by atoms with Crippen molar-refractivity contribution in [3.63, 3.8) is 0 Å². The lowest BCUT2D eigenvalue weighted by molar-refractivity contribution is -0.131. The Morgan fingerprint density at radius 3 is 2.59 bits per heavy atom. The van der Waals surface area contributed by atoms with Gasteiger partial charge in [-0.1, -0.05) is 0 Å². The fourth-order valence-electron chi connectivity index (χ4n) is 2.79. The molecule has 1 aromatic heterocycles. The van der Waals surface area contributed by atoms with E-state index in [4.69, 9.17) is 0 Å². The smallest absolute Gasteiger partial charge is 0.358 e. The summed E-state index contributed by atoms with van der Waals surface area (Å²) in [5.41, 5.74) is -0.259. The standard InChI is InChI=1S/C15H22N4O3/c1-15(2,3)19-9-10(7-11(19)20)8-18(4)13-12(14(21)22)16-5-6-17-13/h5-6,10H,7-9H2,1-4H3,(H,21,22). The molecular formula is C15H22N4O3. The van der Waals surface area contributed by atoms with Gasteiger partial charge in [-0.2, -0.15) is 0 Å². The molecule has 0 bridgehead atoms. The third-order valence-corrected chi connectivity index (χ3v) is 3.79. The number of likely N-dealkylation sites (tertiary alicyclic amines) is 1. The second-order valence-electron chi connectivity index (χ2n) is 6.66. The van der Waals surface area contributed by atoms with Crippen molar-refractivity contribution in [3.05, 3.63) is 18.1 Å². The van der Waals surface area contributed by atoms with E-state index in [-0.39, 0.29) is 23.1 Å². The molecule has 2 heterocycles. The van der Waals surface area contributed by atoms with Crippen molar-refractivity contribution in [3.8, 4) is 0 Å². The van der Waals surface area contributed by atoms with Crippen LogP contribution in [0.25, 0.3) is 0 Å². The number of carbonyl (C=O) groups excluding carboxylic acids is 1. The minimum Gasteiger partial charge on any atom is -0.476 e. The lowest BCUT2D eigenvalue weighted by atomic mass is 10.1. The first-order chi connectivity index (χ1) is 10.2. The van der Waals surface area contributed by atoms with Crippen LogP contribution in [0.2, 0.25) is 0 Å². The summed E-state index contributed by atoms with van der Waals surface area (Å²) in [6.07, 6.45) is 3.31. The first-order valence-corrected chi connectivity index (χ1v) is 7.26. The SMILES string of the molecule is CN(CC1CC(=O)N(C(C)(C)C)C1)c1nccnc1C(=O)O. The zero-order valence-electron chi connectivity index (χ0n) is 13.4. The van der Waals surface area contributed by atoms with E-state index >= 15 is 0 Å². The van der Waals surface area contributed by atoms with Crippen LogP contribution in [0.1, 0.15) is 37.7 Å². The van der Waals surface area contributed by atoms with Crippen molar-refractivity contribution in [1.29, 1.82) is 0 Å². The van der Waals surface area contributed by atoms with Gasteiger partial charge in [-0.05, 0) is 20.8 Å². The molecule has 7 heteroatoms. The normalized spacial score (nSPS) is 18.6. The summed E-state index contributed by atoms with van der Waals surface area (Å²) < 4.78 is 0. The molecule has 1 N–H and O–H groups in total. The van der Waals surface area contributed by atoms with E-state index in [2.05, 4.69) is 9.97 Å². The topological polar surface area (TPSA) is 86.6 Å². The number of carboxylic acids is 1. The minimum absolute atomic E-state index is 0.0676. The van der Waals surface area contributed by atoms with Gasteiger partial charge in [0.25, 0.3) is 0 Å². The summed E-state index contributed by atoms with van der Waals surface area (Å²) in [6, 6.07) is 0. The van der Waals surface area contributed by atoms with Gasteiger partial charge in [0.2, 0.25) is 5.91 Å². The summed E-state index contributed by atoms with van der Waals surface area (Å²) in [7, 11) is 1.78. The van der Waals surface area contributed by atoms with Crippen LogP contribution < -0.4 is 4.90 Å². The molecule has 1 aromatic rings. The largest absolute Gasteiger partial charge is 0.476 e. The van der Waals surface area contributed by atoms with Crippen LogP contribution in [0.15, 0.2) is 12.4 Å². The van der Waals surface area contributed by atoms with Crippen molar-refractivity contribution in [2.75, 3.05) is 25.0 Å². The van der Waals surface area contributed by atoms with Crippen molar-refractivity contribution < 1.29 is 14.7 Å². The van der Waals surface area contributed by atoms with Gasteiger partial charge >= 0.3 is 5.97 Å². The van der Waals surface area contributed by atoms with Crippen molar-refractivity contribution >= 4 is 17.7 Å². The maximum Gasteiger partial charge on any atom is 0.358 e. The van der Waals surface area contributed by atoms with E-state index in [0.717, 1.165) is 0 Å². The Hall–Kier alpha value is -2.18. The van der Waals surface area contributed by atoms with Crippen molar-refractivity contribution in [2.45, 2.75) is 32.7 Å². The molecule has 0 aliphatic carbocycles. The first kappa shape index (κ1) is 16.2. The molecule has 1 aliphatic heterocycles. The number of rotatable bonds is 4. The number of carboxylic acid groups (broad SMARTS) is 1. The third kappa shape index (κ3) is 3.35. The fourth-order valence-corrected chi connectivity index (χ4v) is 2.79. The van der Waals surface area contributed by atoms with Gasteiger partial charge < -0.3 is 14.9 Å². The van der Waals surface area contributed by atoms with Gasteiger partial charge in [0.1, 0.15) is 0 Å². The molecule has 1 amide bonds. The second kappa shape index (κ2) is 5.90. The molecule has 1 unspecified atom stereocenters. The van der Waals surface area contributed by atoms with Gasteiger partial charge in [0.15, 0.2) is 11.5 Å². The summed E-state index contributed by atoms with van der Waals surface area (Å²) in [6.45, 7) is 7.29. The molecule has 2 rings (SSSR count). The van der Waals surface area contributed by atoms with E-state index in [1.807, 2.05) is 25.7 Å². The van der Waals surface area contributed by atoms with Crippen LogP contribution in [-0.2, 0) is 4.79 Å². The Kier molecular flexibility index (Phi) is 4.35. The Bertz CT molecular complexity index is 582. The number of nitrogens with zero attached hydrogens (tertiary/aromatic N) is 4. The van der Waals surface area contributed by atoms with Crippen LogP contribution >= 0.6 is 0 Å². The quantitative estimate of drug-likeness (QED) is 0.901. The van der Waals surface area contributed by atoms with Gasteiger partial charge in [0.05, 0.1) is 0 Å². The molecule has 1 atom stereocenters. The van der Waals surface area contributed by atoms with Crippen molar-refractivity contribution in [1.82, 2.24) is 14.9 Å². The maximum atomic E-state index is 12.1. The molecule has 1 aliphatic rings. The highest BCUT2D eigenvalue weighted by molar-refractivity contribution is 5.90. The zero-order valence-corrected chi connectivity index (χ0v) is 13.4. The summed E-state index contributed by atoms with van der Waals surface area (Å²) >= 11 is 0. The van der Waals surface area contributed by atoms with E-state index in [0.29, 0.717) is 25.3 Å². The van der Waals surface area contributed by atoms with Crippen LogP contribution in [0, 0.1) is 5.92 Å². The molecule has 1 saturated heterocycles. The average Bonchev–Trinajstić information content (AvgIpc) is 2.79. The van der Waals surface area contributed by atoms with E-state index in [9.17, 15) is 14.7 Å². The predicted molar refractivity (Wildman–Crippen MR) is 81.8 cm³/mol. The van der Waals surface area contributed by atoms with Gasteiger partial charge in [0, 0.05) is 50.4 Å². The van der Waals surface area contributed by atoms with E-state index in [1.165, 1.54) is 12.4 Å². The monoisotopic (exact) mass is 306 g/mol. The zero-order chi connectivity index (χ0) is 16.5. The molecule has 120 valence electrons. The molecule has 0 radical (unpaired) electrons. The molecule has 0 aromatic carbocycles. The highest BCUT2D eigenvalue weighted by Crippen LogP contribution is 2.27. The highest BCUT2D eigenvalue weighted by atomic mass is 16.4. The Labute approximate surface area is 130 Å². The average molecular weight is 306 g/mol. The highest BCUT2D eigenvalue weighted by Gasteiger charge is 2.36. The molecule has 22 heavy (non-hydrogen) atoms. The lowest BCUT2D eigenvalue weighted by Crippen LogP contribution is -2.42. The van der Waals surface area contributed by atoms with E-state index in [1.54, 1.807) is 11.9 Å². The number of hydrogen-bond donors (Lipinski definition) is 1. The van der Waals surface area contributed by atoms with Crippen LogP contribution in [-0.4, -0.2) is 57.5 Å². The number of amides is 1. The van der Waals surface area contributed by atoms with Crippen LogP contribution in [0.3, 0.4) is 0 Å². The second-order valence-corrected chi connectivity index (χ2v) is 6.66. The van der Waals surface area contributed by atoms with E-state index < -0.39 is 5.97 Å². The van der Waals surface area contributed by atoms with Crippen LogP contribution in [0.4, 0.5) is 5.82 Å². The maximum absolute atomic E-state index is 12.1. The number of carbonyl (C=O) groups is 2. The van der Waals surface area contributed by atoms with Gasteiger partial charge in [-0.25, -0.2) is 14.8 Å². The number of anilines is 1. The predicted octanol–water partition coefficient (Wildman–Crippen LogP) is 1.26. The van der Waals surface area contributed by atoms with Crippen LogP contribution in [0.5, 0.6) is 0 Å². The lowest BCUT2D eigenvalue weighted by Gasteiger charge is -2.32. The first-order valence-electron chi connectivity index (χ1n) is 7.26. The summed E-state index contributed by atoms with van der Waals surface area (Å²) in [5.74, 6) is -0.477. The van der Waals surface area contributed by atoms with Gasteiger partial charge in [-0.15, -0.1) is 0 Å². The molecule has 0 saturated carbocycles. The molecular weight excluding hydrogens is 284 g/mol. The number of hydrogen-bond acceptors (Lipinski definition) is 5. The third-order valence-electron chi connectivity index (χ3n) is 3.79.